The van der Waals surface area contributed by atoms with Crippen LogP contribution in [0.1, 0.15) is 67.3 Å². The molecule has 0 spiro atoms. The van der Waals surface area contributed by atoms with Crippen LogP contribution in [-0.2, 0) is 16.0 Å². The van der Waals surface area contributed by atoms with Crippen LogP contribution in [0.15, 0.2) is 48.0 Å². The van der Waals surface area contributed by atoms with Crippen LogP contribution in [-0.4, -0.2) is 27.7 Å². The zero-order chi connectivity index (χ0) is 22.1. The minimum absolute atomic E-state index is 0.0266. The second-order valence-electron chi connectivity index (χ2n) is 8.56. The van der Waals surface area contributed by atoms with Gasteiger partial charge in [0.1, 0.15) is 11.6 Å². The van der Waals surface area contributed by atoms with Crippen LogP contribution in [0, 0.1) is 12.7 Å². The van der Waals surface area contributed by atoms with Gasteiger partial charge in [-0.3, -0.25) is 9.59 Å². The maximum atomic E-state index is 13.8. The van der Waals surface area contributed by atoms with E-state index in [1.54, 1.807) is 11.8 Å². The number of aryl methyl sites for hydroxylation is 2. The molecule has 1 atom stereocenters. The van der Waals surface area contributed by atoms with Crippen LogP contribution < -0.4 is 0 Å². The Balaban J connectivity index is 1.87. The highest BCUT2D eigenvalue weighted by Crippen LogP contribution is 2.43. The van der Waals surface area contributed by atoms with Gasteiger partial charge in [-0.2, -0.15) is 0 Å². The second kappa shape index (κ2) is 8.66. The molecule has 2 aliphatic rings. The molecule has 4 nitrogen and oxygen atoms in total. The number of aliphatic hydroxyl groups is 1. The van der Waals surface area contributed by atoms with Crippen LogP contribution in [0.5, 0.6) is 0 Å². The van der Waals surface area contributed by atoms with Crippen molar-refractivity contribution in [3.05, 3.63) is 76.1 Å². The Morgan fingerprint density at radius 3 is 2.35 bits per heavy atom. The SMILES string of the molecule is CCc1ccc(C2/C(=C(/O)c3ccc(F)c(C)c3)C(=O)C(=O)N2C2CCCCC2)cc1. The van der Waals surface area contributed by atoms with Crippen molar-refractivity contribution >= 4 is 17.4 Å². The molecule has 1 amide bonds. The van der Waals surface area contributed by atoms with E-state index >= 15 is 0 Å². The highest BCUT2D eigenvalue weighted by atomic mass is 19.1. The Kier molecular flexibility index (Phi) is 5.94. The summed E-state index contributed by atoms with van der Waals surface area (Å²) in [6.07, 6.45) is 5.76. The molecule has 1 aliphatic heterocycles. The molecule has 2 aromatic rings. The van der Waals surface area contributed by atoms with Gasteiger partial charge in [0.25, 0.3) is 11.7 Å². The number of benzene rings is 2. The van der Waals surface area contributed by atoms with E-state index in [0.29, 0.717) is 11.1 Å². The monoisotopic (exact) mass is 421 g/mol. The van der Waals surface area contributed by atoms with Crippen LogP contribution in [0.25, 0.3) is 5.76 Å². The Morgan fingerprint density at radius 1 is 1.06 bits per heavy atom. The molecule has 2 aromatic carbocycles. The molecule has 1 aliphatic carbocycles. The van der Waals surface area contributed by atoms with Crippen molar-refractivity contribution in [3.8, 4) is 0 Å². The topological polar surface area (TPSA) is 57.6 Å². The molecule has 4 rings (SSSR count). The molecular formula is C26H28FNO3. The van der Waals surface area contributed by atoms with Gasteiger partial charge >= 0.3 is 0 Å². The molecule has 1 unspecified atom stereocenters. The first-order valence-electron chi connectivity index (χ1n) is 11.1. The summed E-state index contributed by atoms with van der Waals surface area (Å²) in [4.78, 5) is 28.0. The summed E-state index contributed by atoms with van der Waals surface area (Å²) in [6, 6.07) is 11.4. The van der Waals surface area contributed by atoms with Gasteiger partial charge in [0, 0.05) is 11.6 Å². The molecule has 31 heavy (non-hydrogen) atoms. The summed E-state index contributed by atoms with van der Waals surface area (Å²) in [6.45, 7) is 3.67. The quantitative estimate of drug-likeness (QED) is 0.406. The molecule has 1 saturated carbocycles. The second-order valence-corrected chi connectivity index (χ2v) is 8.56. The summed E-state index contributed by atoms with van der Waals surface area (Å²) in [5.41, 5.74) is 2.77. The third kappa shape index (κ3) is 3.89. The summed E-state index contributed by atoms with van der Waals surface area (Å²) >= 11 is 0. The lowest BCUT2D eigenvalue weighted by atomic mass is 9.90. The molecule has 0 aromatic heterocycles. The lowest BCUT2D eigenvalue weighted by Gasteiger charge is -2.35. The van der Waals surface area contributed by atoms with Crippen molar-refractivity contribution in [2.24, 2.45) is 0 Å². The molecule has 0 bridgehead atoms. The van der Waals surface area contributed by atoms with Gasteiger partial charge in [0.2, 0.25) is 0 Å². The lowest BCUT2D eigenvalue weighted by Crippen LogP contribution is -2.40. The Labute approximate surface area is 182 Å². The Hall–Kier alpha value is -2.95. The molecule has 2 fully saturated rings. The lowest BCUT2D eigenvalue weighted by molar-refractivity contribution is -0.141. The third-order valence-electron chi connectivity index (χ3n) is 6.58. The first-order chi connectivity index (χ1) is 14.9. The van der Waals surface area contributed by atoms with E-state index in [2.05, 4.69) is 6.92 Å². The van der Waals surface area contributed by atoms with Gasteiger partial charge in [-0.05, 0) is 61.1 Å². The highest BCUT2D eigenvalue weighted by Gasteiger charge is 2.48. The minimum Gasteiger partial charge on any atom is -0.507 e. The fraction of sp³-hybridized carbons (Fsp3) is 0.385. The fourth-order valence-electron chi connectivity index (χ4n) is 4.80. The average molecular weight is 422 g/mol. The van der Waals surface area contributed by atoms with Crippen LogP contribution in [0.2, 0.25) is 0 Å². The third-order valence-corrected chi connectivity index (χ3v) is 6.58. The first kappa shape index (κ1) is 21.3. The number of carbonyl (C=O) groups excluding carboxylic acids is 2. The number of Topliss-reactive ketones (excluding diaryl/α,β-unsaturated/α-hetero) is 1. The number of hydrogen-bond acceptors (Lipinski definition) is 3. The van der Waals surface area contributed by atoms with E-state index in [9.17, 15) is 19.1 Å². The number of carbonyl (C=O) groups is 2. The highest BCUT2D eigenvalue weighted by molar-refractivity contribution is 6.46. The molecule has 1 N–H and O–H groups in total. The van der Waals surface area contributed by atoms with Gasteiger partial charge in [0.05, 0.1) is 11.6 Å². The number of likely N-dealkylation sites (tertiary alicyclic amines) is 1. The van der Waals surface area contributed by atoms with Crippen molar-refractivity contribution in [1.29, 1.82) is 0 Å². The van der Waals surface area contributed by atoms with E-state index in [4.69, 9.17) is 0 Å². The van der Waals surface area contributed by atoms with E-state index in [1.165, 1.54) is 18.2 Å². The van der Waals surface area contributed by atoms with E-state index in [1.807, 2.05) is 24.3 Å². The van der Waals surface area contributed by atoms with E-state index in [0.717, 1.165) is 49.7 Å². The number of halogens is 1. The number of rotatable bonds is 4. The van der Waals surface area contributed by atoms with Crippen LogP contribution in [0.4, 0.5) is 4.39 Å². The molecule has 0 radical (unpaired) electrons. The van der Waals surface area contributed by atoms with Gasteiger partial charge in [-0.1, -0.05) is 50.5 Å². The molecular weight excluding hydrogens is 393 g/mol. The van der Waals surface area contributed by atoms with Crippen molar-refractivity contribution in [2.75, 3.05) is 0 Å². The Morgan fingerprint density at radius 2 is 1.74 bits per heavy atom. The van der Waals surface area contributed by atoms with Gasteiger partial charge < -0.3 is 10.0 Å². The van der Waals surface area contributed by atoms with E-state index < -0.39 is 17.7 Å². The Bertz CT molecular complexity index is 1040. The van der Waals surface area contributed by atoms with Crippen LogP contribution >= 0.6 is 0 Å². The molecule has 1 saturated heterocycles. The van der Waals surface area contributed by atoms with E-state index in [-0.39, 0.29) is 23.2 Å². The van der Waals surface area contributed by atoms with Crippen molar-refractivity contribution in [1.82, 2.24) is 4.90 Å². The predicted octanol–water partition coefficient (Wildman–Crippen LogP) is 5.45. The normalized spacial score (nSPS) is 21.6. The number of aliphatic hydroxyl groups excluding tert-OH is 1. The van der Waals surface area contributed by atoms with Crippen molar-refractivity contribution in [3.63, 3.8) is 0 Å². The zero-order valence-corrected chi connectivity index (χ0v) is 18.0. The maximum absolute atomic E-state index is 13.8. The molecule has 162 valence electrons. The zero-order valence-electron chi connectivity index (χ0n) is 18.0. The predicted molar refractivity (Wildman–Crippen MR) is 118 cm³/mol. The largest absolute Gasteiger partial charge is 0.507 e. The standard InChI is InChI=1S/C26H28FNO3/c1-3-17-9-11-18(12-10-17)23-22(24(29)19-13-14-21(27)16(2)15-19)25(30)26(31)28(23)20-7-5-4-6-8-20/h9-15,20,23,29H,3-8H2,1-2H3/b24-22-. The summed E-state index contributed by atoms with van der Waals surface area (Å²) in [5, 5.41) is 11.1. The summed E-state index contributed by atoms with van der Waals surface area (Å²) in [5.74, 6) is -1.86. The van der Waals surface area contributed by atoms with Gasteiger partial charge in [0.15, 0.2) is 0 Å². The molecule has 1 heterocycles. The van der Waals surface area contributed by atoms with Crippen molar-refractivity contribution < 1.29 is 19.1 Å². The average Bonchev–Trinajstić information content (AvgIpc) is 3.06. The summed E-state index contributed by atoms with van der Waals surface area (Å²) < 4.78 is 13.8. The van der Waals surface area contributed by atoms with Crippen LogP contribution in [0.3, 0.4) is 0 Å². The van der Waals surface area contributed by atoms with Crippen molar-refractivity contribution in [2.45, 2.75) is 64.5 Å². The summed E-state index contributed by atoms with van der Waals surface area (Å²) in [7, 11) is 0. The van der Waals surface area contributed by atoms with Gasteiger partial charge in [-0.15, -0.1) is 0 Å². The number of ketones is 1. The van der Waals surface area contributed by atoms with Gasteiger partial charge in [-0.25, -0.2) is 4.39 Å². The molecule has 5 heteroatoms. The fourth-order valence-corrected chi connectivity index (χ4v) is 4.80. The minimum atomic E-state index is -0.672. The number of hydrogen-bond donors (Lipinski definition) is 1. The maximum Gasteiger partial charge on any atom is 0.295 e. The first-order valence-corrected chi connectivity index (χ1v) is 11.1. The number of amides is 1. The smallest absolute Gasteiger partial charge is 0.295 e. The number of nitrogens with zero attached hydrogens (tertiary/aromatic N) is 1.